The molecule has 4 nitrogen and oxygen atoms in total. The van der Waals surface area contributed by atoms with E-state index >= 15 is 0 Å². The Morgan fingerprint density at radius 3 is 2.81 bits per heavy atom. The quantitative estimate of drug-likeness (QED) is 0.839. The first-order valence-electron chi connectivity index (χ1n) is 7.86. The van der Waals surface area contributed by atoms with E-state index in [-0.39, 0.29) is 5.92 Å². The van der Waals surface area contributed by atoms with Crippen LogP contribution in [0.3, 0.4) is 0 Å². The molecule has 2 rings (SSSR count). The lowest BCUT2D eigenvalue weighted by atomic mass is 9.98. The molecule has 0 spiro atoms. The zero-order valence-electron chi connectivity index (χ0n) is 12.8. The van der Waals surface area contributed by atoms with E-state index in [9.17, 15) is 4.79 Å². The van der Waals surface area contributed by atoms with Crippen molar-refractivity contribution in [1.82, 2.24) is 4.90 Å². The molecule has 4 heteroatoms. The number of carbonyl (C=O) groups is 1. The third-order valence-electron chi connectivity index (χ3n) is 3.97. The monoisotopic (exact) mass is 291 g/mol. The molecular formula is C17H25NO3. The smallest absolute Gasteiger partial charge is 0.307 e. The van der Waals surface area contributed by atoms with E-state index in [1.165, 1.54) is 5.56 Å². The maximum atomic E-state index is 11.1. The lowest BCUT2D eigenvalue weighted by molar-refractivity contribution is -0.143. The normalized spacial score (nSPS) is 19.4. The molecule has 1 atom stereocenters. The van der Waals surface area contributed by atoms with Gasteiger partial charge in [-0.1, -0.05) is 19.1 Å². The molecule has 1 aromatic carbocycles. The highest BCUT2D eigenvalue weighted by Crippen LogP contribution is 2.18. The first-order valence-corrected chi connectivity index (χ1v) is 7.86. The van der Waals surface area contributed by atoms with Crippen LogP contribution in [-0.4, -0.2) is 42.2 Å². The maximum absolute atomic E-state index is 11.1. The number of piperidine rings is 1. The van der Waals surface area contributed by atoms with Crippen LogP contribution in [0.1, 0.15) is 31.7 Å². The van der Waals surface area contributed by atoms with Gasteiger partial charge in [-0.15, -0.1) is 0 Å². The van der Waals surface area contributed by atoms with Gasteiger partial charge in [0.1, 0.15) is 5.75 Å². The summed E-state index contributed by atoms with van der Waals surface area (Å²) in [4.78, 5) is 13.3. The lowest BCUT2D eigenvalue weighted by Gasteiger charge is -2.30. The first-order chi connectivity index (χ1) is 10.2. The third-order valence-corrected chi connectivity index (χ3v) is 3.97. The minimum Gasteiger partial charge on any atom is -0.494 e. The minimum absolute atomic E-state index is 0.191. The van der Waals surface area contributed by atoms with Gasteiger partial charge in [0, 0.05) is 13.1 Å². The highest BCUT2D eigenvalue weighted by molar-refractivity contribution is 5.70. The van der Waals surface area contributed by atoms with Crippen LogP contribution in [0.15, 0.2) is 24.3 Å². The van der Waals surface area contributed by atoms with Crippen LogP contribution in [0.5, 0.6) is 5.75 Å². The van der Waals surface area contributed by atoms with Gasteiger partial charge in [-0.05, 0) is 49.9 Å². The number of carboxylic acid groups (broad SMARTS) is 1. The Hall–Kier alpha value is -1.55. The topological polar surface area (TPSA) is 49.8 Å². The SMILES string of the molecule is CCCOc1ccc(CCN2CCCC(C(=O)O)C2)cc1. The molecule has 21 heavy (non-hydrogen) atoms. The van der Waals surface area contributed by atoms with Crippen molar-refractivity contribution in [2.45, 2.75) is 32.6 Å². The largest absolute Gasteiger partial charge is 0.494 e. The number of ether oxygens (including phenoxy) is 1. The summed E-state index contributed by atoms with van der Waals surface area (Å²) in [5.41, 5.74) is 1.27. The molecule has 116 valence electrons. The Kier molecular flexibility index (Phi) is 6.05. The summed E-state index contributed by atoms with van der Waals surface area (Å²) in [6, 6.07) is 8.23. The number of benzene rings is 1. The molecular weight excluding hydrogens is 266 g/mol. The van der Waals surface area contributed by atoms with Gasteiger partial charge >= 0.3 is 5.97 Å². The third kappa shape index (κ3) is 5.05. The molecule has 1 aromatic rings. The van der Waals surface area contributed by atoms with Crippen molar-refractivity contribution in [3.63, 3.8) is 0 Å². The molecule has 0 aromatic heterocycles. The predicted octanol–water partition coefficient (Wildman–Crippen LogP) is 2.81. The van der Waals surface area contributed by atoms with E-state index in [4.69, 9.17) is 9.84 Å². The predicted molar refractivity (Wildman–Crippen MR) is 82.7 cm³/mol. The summed E-state index contributed by atoms with van der Waals surface area (Å²) in [5.74, 6) is 0.0743. The fourth-order valence-electron chi connectivity index (χ4n) is 2.72. The molecule has 1 heterocycles. The van der Waals surface area contributed by atoms with Gasteiger partial charge in [-0.2, -0.15) is 0 Å². The summed E-state index contributed by atoms with van der Waals surface area (Å²) >= 11 is 0. The van der Waals surface area contributed by atoms with Gasteiger partial charge in [-0.3, -0.25) is 4.79 Å². The van der Waals surface area contributed by atoms with Gasteiger partial charge in [0.2, 0.25) is 0 Å². The number of hydrogen-bond donors (Lipinski definition) is 1. The molecule has 0 aliphatic carbocycles. The van der Waals surface area contributed by atoms with Crippen LogP contribution in [0.2, 0.25) is 0 Å². The zero-order chi connectivity index (χ0) is 15.1. The lowest BCUT2D eigenvalue weighted by Crippen LogP contribution is -2.39. The second-order valence-corrected chi connectivity index (χ2v) is 5.72. The van der Waals surface area contributed by atoms with E-state index in [2.05, 4.69) is 24.0 Å². The molecule has 0 amide bonds. The summed E-state index contributed by atoms with van der Waals surface area (Å²) in [6.07, 6.45) is 3.78. The van der Waals surface area contributed by atoms with E-state index in [1.54, 1.807) is 0 Å². The number of aliphatic carboxylic acids is 1. The number of nitrogens with zero attached hydrogens (tertiary/aromatic N) is 1. The molecule has 1 N–H and O–H groups in total. The van der Waals surface area contributed by atoms with Crippen molar-refractivity contribution in [3.05, 3.63) is 29.8 Å². The van der Waals surface area contributed by atoms with Crippen LogP contribution in [0.4, 0.5) is 0 Å². The summed E-state index contributed by atoms with van der Waals surface area (Å²) in [5, 5.41) is 9.10. The van der Waals surface area contributed by atoms with E-state index in [0.29, 0.717) is 6.54 Å². The van der Waals surface area contributed by atoms with Gasteiger partial charge < -0.3 is 14.7 Å². The Labute approximate surface area is 126 Å². The maximum Gasteiger partial charge on any atom is 0.307 e. The minimum atomic E-state index is -0.655. The molecule has 1 fully saturated rings. The standard InChI is InChI=1S/C17H25NO3/c1-2-12-21-16-7-5-14(6-8-16)9-11-18-10-3-4-15(13-18)17(19)20/h5-8,15H,2-4,9-13H2,1H3,(H,19,20). The molecule has 1 unspecified atom stereocenters. The highest BCUT2D eigenvalue weighted by Gasteiger charge is 2.24. The first kappa shape index (κ1) is 15.8. The van der Waals surface area contributed by atoms with Crippen molar-refractivity contribution in [3.8, 4) is 5.75 Å². The van der Waals surface area contributed by atoms with Crippen molar-refractivity contribution < 1.29 is 14.6 Å². The zero-order valence-corrected chi connectivity index (χ0v) is 12.8. The average molecular weight is 291 g/mol. The fraction of sp³-hybridized carbons (Fsp3) is 0.588. The van der Waals surface area contributed by atoms with Crippen molar-refractivity contribution >= 4 is 5.97 Å². The Balaban J connectivity index is 1.78. The van der Waals surface area contributed by atoms with Crippen molar-refractivity contribution in [2.75, 3.05) is 26.2 Å². The van der Waals surface area contributed by atoms with Crippen LogP contribution in [-0.2, 0) is 11.2 Å². The van der Waals surface area contributed by atoms with Gasteiger partial charge in [0.15, 0.2) is 0 Å². The van der Waals surface area contributed by atoms with E-state index in [1.807, 2.05) is 12.1 Å². The Morgan fingerprint density at radius 1 is 1.38 bits per heavy atom. The highest BCUT2D eigenvalue weighted by atomic mass is 16.5. The number of carboxylic acids is 1. The van der Waals surface area contributed by atoms with Crippen LogP contribution in [0.25, 0.3) is 0 Å². The van der Waals surface area contributed by atoms with Crippen molar-refractivity contribution in [1.29, 1.82) is 0 Å². The van der Waals surface area contributed by atoms with Gasteiger partial charge in [0.05, 0.1) is 12.5 Å². The molecule has 1 aliphatic heterocycles. The molecule has 0 radical (unpaired) electrons. The fourth-order valence-corrected chi connectivity index (χ4v) is 2.72. The van der Waals surface area contributed by atoms with E-state index < -0.39 is 5.97 Å². The summed E-state index contributed by atoms with van der Waals surface area (Å²) in [7, 11) is 0. The molecule has 1 saturated heterocycles. The van der Waals surface area contributed by atoms with Crippen LogP contribution in [0, 0.1) is 5.92 Å². The second-order valence-electron chi connectivity index (χ2n) is 5.72. The van der Waals surface area contributed by atoms with Crippen LogP contribution >= 0.6 is 0 Å². The van der Waals surface area contributed by atoms with Crippen LogP contribution < -0.4 is 4.74 Å². The number of hydrogen-bond acceptors (Lipinski definition) is 3. The van der Waals surface area contributed by atoms with Gasteiger partial charge in [-0.25, -0.2) is 0 Å². The van der Waals surface area contributed by atoms with E-state index in [0.717, 1.165) is 51.1 Å². The Bertz CT molecular complexity index is 444. The van der Waals surface area contributed by atoms with Gasteiger partial charge in [0.25, 0.3) is 0 Å². The molecule has 0 bridgehead atoms. The summed E-state index contributed by atoms with van der Waals surface area (Å²) < 4.78 is 5.57. The average Bonchev–Trinajstić information content (AvgIpc) is 2.52. The number of likely N-dealkylation sites (tertiary alicyclic amines) is 1. The Morgan fingerprint density at radius 2 is 2.14 bits per heavy atom. The number of rotatable bonds is 7. The molecule has 1 aliphatic rings. The summed E-state index contributed by atoms with van der Waals surface area (Å²) in [6.45, 7) is 5.48. The molecule has 0 saturated carbocycles. The van der Waals surface area contributed by atoms with Crippen molar-refractivity contribution in [2.24, 2.45) is 5.92 Å². The second kappa shape index (κ2) is 8.03.